The number of rotatable bonds is 17. The van der Waals surface area contributed by atoms with Crippen LogP contribution in [0.5, 0.6) is 5.75 Å². The lowest BCUT2D eigenvalue weighted by Crippen LogP contribution is -2.40. The number of hydrogen-bond acceptors (Lipinski definition) is 9. The molecule has 0 bridgehead atoms. The number of nitrogens with one attached hydrogen (secondary N) is 4. The molecule has 1 fully saturated rings. The molecule has 6 N–H and O–H groups in total. The lowest BCUT2D eigenvalue weighted by Gasteiger charge is -2.31. The molecule has 310 valence electrons. The number of carbonyl (C=O) groups is 3. The molecule has 13 heteroatoms. The summed E-state index contributed by atoms with van der Waals surface area (Å²) >= 11 is 0. The number of benzene rings is 4. The van der Waals surface area contributed by atoms with E-state index in [4.69, 9.17) is 4.74 Å². The second-order valence-electron chi connectivity index (χ2n) is 15.2. The Labute approximate surface area is 344 Å². The third-order valence-electron chi connectivity index (χ3n) is 10.7. The lowest BCUT2D eigenvalue weighted by atomic mass is 10.0. The van der Waals surface area contributed by atoms with Crippen LogP contribution in [-0.4, -0.2) is 94.8 Å². The van der Waals surface area contributed by atoms with Gasteiger partial charge >= 0.3 is 6.09 Å². The molecular formula is C46H54N6O7. The van der Waals surface area contributed by atoms with E-state index in [1.165, 1.54) is 12.1 Å². The summed E-state index contributed by atoms with van der Waals surface area (Å²) in [7, 11) is 1.77. The summed E-state index contributed by atoms with van der Waals surface area (Å²) in [6.07, 6.45) is 1.70. The lowest BCUT2D eigenvalue weighted by molar-refractivity contribution is -0.130. The first-order valence-corrected chi connectivity index (χ1v) is 20.3. The SMILES string of the molecule is CC(Cc1cccc(NC(=O)CCCN(C)C(=O)CCN2CCC(OC(=O)Nc3ccccc3-c3ccccc3)CC2)c1)NCC(O)c1ccc(O)c2[nH]c(=O)ccc12. The Kier molecular flexibility index (Phi) is 14.9. The quantitative estimate of drug-likeness (QED) is 0.0619. The maximum absolute atomic E-state index is 12.9. The fourth-order valence-electron chi connectivity index (χ4n) is 7.45. The van der Waals surface area contributed by atoms with E-state index in [1.807, 2.05) is 85.8 Å². The molecule has 1 aromatic heterocycles. The van der Waals surface area contributed by atoms with E-state index in [-0.39, 0.29) is 48.2 Å². The van der Waals surface area contributed by atoms with Crippen molar-refractivity contribution in [2.75, 3.05) is 50.4 Å². The first-order valence-electron chi connectivity index (χ1n) is 20.3. The van der Waals surface area contributed by atoms with E-state index in [0.717, 1.165) is 29.8 Å². The Balaban J connectivity index is 0.848. The van der Waals surface area contributed by atoms with Gasteiger partial charge in [0.05, 0.1) is 17.3 Å². The van der Waals surface area contributed by atoms with Crippen LogP contribution in [0.1, 0.15) is 56.3 Å². The zero-order chi connectivity index (χ0) is 41.7. The van der Waals surface area contributed by atoms with Gasteiger partial charge in [-0.05, 0) is 79.6 Å². The molecule has 13 nitrogen and oxygen atoms in total. The second kappa shape index (κ2) is 20.6. The van der Waals surface area contributed by atoms with Gasteiger partial charge in [-0.3, -0.25) is 19.7 Å². The van der Waals surface area contributed by atoms with Gasteiger partial charge in [-0.15, -0.1) is 0 Å². The van der Waals surface area contributed by atoms with Crippen LogP contribution in [0.15, 0.2) is 108 Å². The molecule has 5 aromatic rings. The highest BCUT2D eigenvalue weighted by Crippen LogP contribution is 2.30. The predicted octanol–water partition coefficient (Wildman–Crippen LogP) is 6.44. The Bertz CT molecular complexity index is 2260. The van der Waals surface area contributed by atoms with Crippen molar-refractivity contribution >= 4 is 40.2 Å². The number of aliphatic hydroxyl groups is 1. The highest BCUT2D eigenvalue weighted by atomic mass is 16.6. The molecule has 2 atom stereocenters. The number of aromatic hydroxyl groups is 1. The van der Waals surface area contributed by atoms with Crippen LogP contribution in [0.2, 0.25) is 0 Å². The number of H-pyrrole nitrogens is 1. The number of para-hydroxylation sites is 1. The monoisotopic (exact) mass is 802 g/mol. The van der Waals surface area contributed by atoms with E-state index in [1.54, 1.807) is 24.1 Å². The van der Waals surface area contributed by atoms with Gasteiger partial charge in [-0.25, -0.2) is 4.79 Å². The number of nitrogens with zero attached hydrogens (tertiary/aromatic N) is 2. The third kappa shape index (κ3) is 12.2. The number of phenolic OH excluding ortho intramolecular Hbond substituents is 1. The molecule has 2 unspecified atom stereocenters. The van der Waals surface area contributed by atoms with Crippen molar-refractivity contribution in [2.45, 2.75) is 63.7 Å². The zero-order valence-electron chi connectivity index (χ0n) is 33.7. The number of anilines is 2. The van der Waals surface area contributed by atoms with Gasteiger partial charge in [0.25, 0.3) is 0 Å². The molecule has 6 rings (SSSR count). The maximum atomic E-state index is 12.9. The molecule has 0 aliphatic carbocycles. The summed E-state index contributed by atoms with van der Waals surface area (Å²) in [6, 6.07) is 31.3. The minimum Gasteiger partial charge on any atom is -0.506 e. The van der Waals surface area contributed by atoms with E-state index in [9.17, 15) is 29.4 Å². The molecule has 1 aliphatic heterocycles. The number of piperidine rings is 1. The van der Waals surface area contributed by atoms with Crippen molar-refractivity contribution in [2.24, 2.45) is 0 Å². The number of pyridine rings is 1. The molecule has 59 heavy (non-hydrogen) atoms. The molecule has 0 spiro atoms. The molecular weight excluding hydrogens is 749 g/mol. The number of aromatic amines is 1. The molecule has 1 aliphatic rings. The molecule has 0 radical (unpaired) electrons. The summed E-state index contributed by atoms with van der Waals surface area (Å²) in [6.45, 7) is 4.83. The highest BCUT2D eigenvalue weighted by molar-refractivity contribution is 5.92. The van der Waals surface area contributed by atoms with Crippen LogP contribution in [0.25, 0.3) is 22.0 Å². The van der Waals surface area contributed by atoms with Crippen LogP contribution >= 0.6 is 0 Å². The largest absolute Gasteiger partial charge is 0.506 e. The average molecular weight is 803 g/mol. The number of aliphatic hydroxyl groups excluding tert-OH is 1. The van der Waals surface area contributed by atoms with Crippen LogP contribution < -0.4 is 21.5 Å². The molecule has 3 amide bonds. The number of amides is 3. The summed E-state index contributed by atoms with van der Waals surface area (Å²) in [5.74, 6) is -0.159. The minimum absolute atomic E-state index is 0.000676. The normalized spacial score (nSPS) is 14.4. The van der Waals surface area contributed by atoms with E-state index < -0.39 is 12.2 Å². The van der Waals surface area contributed by atoms with Gasteiger partial charge in [-0.1, -0.05) is 66.7 Å². The van der Waals surface area contributed by atoms with Crippen LogP contribution in [0, 0.1) is 0 Å². The number of hydrogen-bond donors (Lipinski definition) is 6. The Hall–Kier alpha value is -6.02. The van der Waals surface area contributed by atoms with Gasteiger partial charge in [0.15, 0.2) is 0 Å². The second-order valence-corrected chi connectivity index (χ2v) is 15.2. The topological polar surface area (TPSA) is 176 Å². The van der Waals surface area contributed by atoms with Gasteiger partial charge in [0, 0.05) is 81.4 Å². The molecule has 4 aromatic carbocycles. The Morgan fingerprint density at radius 3 is 2.47 bits per heavy atom. The van der Waals surface area contributed by atoms with Gasteiger partial charge in [0.2, 0.25) is 17.4 Å². The van der Waals surface area contributed by atoms with Crippen molar-refractivity contribution in [1.82, 2.24) is 20.1 Å². The number of ether oxygens (including phenoxy) is 1. The Morgan fingerprint density at radius 2 is 1.68 bits per heavy atom. The predicted molar refractivity (Wildman–Crippen MR) is 230 cm³/mol. The summed E-state index contributed by atoms with van der Waals surface area (Å²) in [5.41, 5.74) is 4.89. The van der Waals surface area contributed by atoms with E-state index in [0.29, 0.717) is 73.0 Å². The smallest absolute Gasteiger partial charge is 0.411 e. The fraction of sp³-hybridized carbons (Fsp3) is 0.348. The van der Waals surface area contributed by atoms with Gasteiger partial charge in [-0.2, -0.15) is 0 Å². The van der Waals surface area contributed by atoms with Crippen LogP contribution in [0.4, 0.5) is 16.2 Å². The fourth-order valence-corrected chi connectivity index (χ4v) is 7.45. The van der Waals surface area contributed by atoms with Gasteiger partial charge < -0.3 is 40.4 Å². The Morgan fingerprint density at radius 1 is 0.915 bits per heavy atom. The summed E-state index contributed by atoms with van der Waals surface area (Å²) in [4.78, 5) is 56.7. The van der Waals surface area contributed by atoms with Crippen molar-refractivity contribution in [3.05, 3.63) is 125 Å². The van der Waals surface area contributed by atoms with E-state index >= 15 is 0 Å². The van der Waals surface area contributed by atoms with Gasteiger partial charge in [0.1, 0.15) is 11.9 Å². The number of aromatic nitrogens is 1. The highest BCUT2D eigenvalue weighted by Gasteiger charge is 2.24. The maximum Gasteiger partial charge on any atom is 0.411 e. The third-order valence-corrected chi connectivity index (χ3v) is 10.7. The number of carbonyl (C=O) groups excluding carboxylic acids is 3. The van der Waals surface area contributed by atoms with Crippen molar-refractivity contribution in [3.8, 4) is 16.9 Å². The minimum atomic E-state index is -0.867. The van der Waals surface area contributed by atoms with Crippen molar-refractivity contribution in [3.63, 3.8) is 0 Å². The van der Waals surface area contributed by atoms with Crippen molar-refractivity contribution < 1.29 is 29.3 Å². The molecule has 1 saturated heterocycles. The van der Waals surface area contributed by atoms with Crippen molar-refractivity contribution in [1.29, 1.82) is 0 Å². The number of likely N-dealkylation sites (tertiary alicyclic amines) is 1. The van der Waals surface area contributed by atoms with E-state index in [2.05, 4.69) is 25.8 Å². The van der Waals surface area contributed by atoms with Crippen LogP contribution in [0.3, 0.4) is 0 Å². The zero-order valence-corrected chi connectivity index (χ0v) is 33.7. The number of fused-ring (bicyclic) bond motifs is 1. The molecule has 0 saturated carbocycles. The molecule has 2 heterocycles. The number of phenols is 1. The standard InChI is InChI=1S/C46H54N6O7/c1-31(47-30-41(54)37-17-19-40(53)45-38(37)18-20-43(56)50-45)28-32-10-8-13-34(29-32)48-42(55)16-9-24-51(2)44(57)23-27-52-25-21-35(22-26-52)59-46(58)49-39-15-7-6-14-36(39)33-11-4-3-5-12-33/h3-8,10-15,17-20,29,31,35,41,47,53-54H,9,16,21-28,30H2,1-2H3,(H,48,55)(H,49,58)(H,50,56). The summed E-state index contributed by atoms with van der Waals surface area (Å²) < 4.78 is 5.76. The summed E-state index contributed by atoms with van der Waals surface area (Å²) in [5, 5.41) is 30.9. The first-order chi connectivity index (χ1) is 28.5. The first kappa shape index (κ1) is 42.6. The average Bonchev–Trinajstić information content (AvgIpc) is 3.23. The van der Waals surface area contributed by atoms with Crippen LogP contribution in [-0.2, 0) is 20.7 Å².